The van der Waals surface area contributed by atoms with Gasteiger partial charge in [-0.25, -0.2) is 0 Å². The minimum Gasteiger partial charge on any atom is -0.271 e. The van der Waals surface area contributed by atoms with Gasteiger partial charge in [0.2, 0.25) is 0 Å². The van der Waals surface area contributed by atoms with Crippen molar-refractivity contribution in [2.24, 2.45) is 11.8 Å². The topological polar surface area (TPSA) is 38.0 Å². The Bertz CT molecular complexity index is 318. The van der Waals surface area contributed by atoms with Gasteiger partial charge in [-0.05, 0) is 44.1 Å². The number of benzene rings is 1. The van der Waals surface area contributed by atoms with Gasteiger partial charge in [0.05, 0.1) is 0 Å². The minimum absolute atomic E-state index is 0.519. The highest BCUT2D eigenvalue weighted by atomic mass is 15.2. The number of hydrogen-bond donors (Lipinski definition) is 2. The maximum Gasteiger partial charge on any atom is 0.0241 e. The van der Waals surface area contributed by atoms with Gasteiger partial charge in [0.25, 0.3) is 0 Å². The number of hydrogen-bond acceptors (Lipinski definition) is 2. The molecular weight excluding hydrogens is 184 g/mol. The van der Waals surface area contributed by atoms with Gasteiger partial charge in [-0.1, -0.05) is 29.8 Å². The number of nitrogens with two attached hydrogens (primary N) is 1. The lowest BCUT2D eigenvalue weighted by atomic mass is 10.0. The smallest absolute Gasteiger partial charge is 0.0241 e. The molecule has 0 spiro atoms. The molecule has 2 nitrogen and oxygen atoms in total. The predicted octanol–water partition coefficient (Wildman–Crippen LogP) is 2.17. The van der Waals surface area contributed by atoms with Crippen LogP contribution in [0.4, 0.5) is 0 Å². The van der Waals surface area contributed by atoms with E-state index in [0.29, 0.717) is 6.04 Å². The van der Waals surface area contributed by atoms with Gasteiger partial charge < -0.3 is 0 Å². The Kier molecular flexibility index (Phi) is 3.39. The van der Waals surface area contributed by atoms with Crippen molar-refractivity contribution < 1.29 is 0 Å². The van der Waals surface area contributed by atoms with E-state index in [0.717, 1.165) is 18.8 Å². The molecule has 1 unspecified atom stereocenters. The van der Waals surface area contributed by atoms with E-state index in [4.69, 9.17) is 5.84 Å². The number of hydrazine groups is 1. The van der Waals surface area contributed by atoms with Crippen molar-refractivity contribution in [1.82, 2.24) is 5.43 Å². The third kappa shape index (κ3) is 3.05. The highest BCUT2D eigenvalue weighted by Gasteiger charge is 2.29. The monoisotopic (exact) mass is 204 g/mol. The summed E-state index contributed by atoms with van der Waals surface area (Å²) >= 11 is 0. The van der Waals surface area contributed by atoms with Crippen molar-refractivity contribution in [3.63, 3.8) is 0 Å². The molecule has 0 aromatic heterocycles. The molecule has 1 atom stereocenters. The first-order valence-corrected chi connectivity index (χ1v) is 5.81. The maximum atomic E-state index is 5.56. The average molecular weight is 204 g/mol. The van der Waals surface area contributed by atoms with Gasteiger partial charge in [-0.3, -0.25) is 11.3 Å². The van der Waals surface area contributed by atoms with Gasteiger partial charge in [0.15, 0.2) is 0 Å². The third-order valence-corrected chi connectivity index (χ3v) is 3.23. The van der Waals surface area contributed by atoms with Crippen molar-refractivity contribution in [2.45, 2.75) is 38.6 Å². The lowest BCUT2D eigenvalue weighted by Crippen LogP contribution is -2.37. The summed E-state index contributed by atoms with van der Waals surface area (Å²) < 4.78 is 0. The van der Waals surface area contributed by atoms with Crippen LogP contribution in [0, 0.1) is 12.8 Å². The standard InChI is InChI=1S/C13H20N2/c1-10-3-2-4-11(9-10)5-8-13(15-14)12-6-7-12/h2-4,9,12-13,15H,5-8,14H2,1H3. The van der Waals surface area contributed by atoms with Crippen LogP contribution in [0.2, 0.25) is 0 Å². The largest absolute Gasteiger partial charge is 0.271 e. The van der Waals surface area contributed by atoms with E-state index in [1.54, 1.807) is 0 Å². The molecule has 0 saturated heterocycles. The van der Waals surface area contributed by atoms with E-state index in [2.05, 4.69) is 36.6 Å². The van der Waals surface area contributed by atoms with Crippen LogP contribution in [0.3, 0.4) is 0 Å². The van der Waals surface area contributed by atoms with Crippen LogP contribution >= 0.6 is 0 Å². The molecule has 15 heavy (non-hydrogen) atoms. The summed E-state index contributed by atoms with van der Waals surface area (Å²) in [5.41, 5.74) is 5.72. The third-order valence-electron chi connectivity index (χ3n) is 3.23. The Morgan fingerprint density at radius 3 is 2.87 bits per heavy atom. The zero-order valence-corrected chi connectivity index (χ0v) is 9.37. The first-order valence-electron chi connectivity index (χ1n) is 5.81. The fourth-order valence-corrected chi connectivity index (χ4v) is 2.14. The predicted molar refractivity (Wildman–Crippen MR) is 63.3 cm³/mol. The summed E-state index contributed by atoms with van der Waals surface area (Å²) in [6, 6.07) is 9.26. The zero-order valence-electron chi connectivity index (χ0n) is 9.37. The van der Waals surface area contributed by atoms with Gasteiger partial charge in [0.1, 0.15) is 0 Å². The first kappa shape index (κ1) is 10.7. The van der Waals surface area contributed by atoms with Crippen molar-refractivity contribution in [3.05, 3.63) is 35.4 Å². The van der Waals surface area contributed by atoms with Crippen molar-refractivity contribution in [1.29, 1.82) is 0 Å². The van der Waals surface area contributed by atoms with Crippen molar-refractivity contribution in [3.8, 4) is 0 Å². The first-order chi connectivity index (χ1) is 7.29. The molecule has 1 fully saturated rings. The molecule has 2 heteroatoms. The van der Waals surface area contributed by atoms with Crippen molar-refractivity contribution >= 4 is 0 Å². The Hall–Kier alpha value is -0.860. The molecule has 1 saturated carbocycles. The van der Waals surface area contributed by atoms with Gasteiger partial charge in [-0.15, -0.1) is 0 Å². The molecule has 0 aliphatic heterocycles. The highest BCUT2D eigenvalue weighted by molar-refractivity contribution is 5.22. The van der Waals surface area contributed by atoms with E-state index in [-0.39, 0.29) is 0 Å². The molecule has 1 aromatic carbocycles. The van der Waals surface area contributed by atoms with Gasteiger partial charge in [-0.2, -0.15) is 0 Å². The molecule has 0 bridgehead atoms. The fraction of sp³-hybridized carbons (Fsp3) is 0.538. The number of nitrogens with one attached hydrogen (secondary N) is 1. The molecule has 0 amide bonds. The summed E-state index contributed by atoms with van der Waals surface area (Å²) in [5, 5.41) is 0. The van der Waals surface area contributed by atoms with Gasteiger partial charge in [0, 0.05) is 6.04 Å². The normalized spacial score (nSPS) is 17.7. The second-order valence-corrected chi connectivity index (χ2v) is 4.64. The quantitative estimate of drug-likeness (QED) is 0.570. The maximum absolute atomic E-state index is 5.56. The second kappa shape index (κ2) is 4.77. The Balaban J connectivity index is 1.86. The molecule has 1 aliphatic rings. The second-order valence-electron chi connectivity index (χ2n) is 4.64. The molecule has 0 radical (unpaired) electrons. The van der Waals surface area contributed by atoms with E-state index in [1.807, 2.05) is 0 Å². The van der Waals surface area contributed by atoms with Crippen LogP contribution in [-0.2, 0) is 6.42 Å². The van der Waals surface area contributed by atoms with E-state index in [9.17, 15) is 0 Å². The van der Waals surface area contributed by atoms with Crippen LogP contribution < -0.4 is 11.3 Å². The lowest BCUT2D eigenvalue weighted by Gasteiger charge is -2.14. The number of rotatable bonds is 5. The SMILES string of the molecule is Cc1cccc(CCC(NN)C2CC2)c1. The van der Waals surface area contributed by atoms with Crippen LogP contribution in [0.1, 0.15) is 30.4 Å². The summed E-state index contributed by atoms with van der Waals surface area (Å²) in [7, 11) is 0. The molecule has 82 valence electrons. The molecule has 1 aromatic rings. The summed E-state index contributed by atoms with van der Waals surface area (Å²) in [6.07, 6.45) is 4.99. The van der Waals surface area contributed by atoms with Gasteiger partial charge >= 0.3 is 0 Å². The molecule has 2 rings (SSSR count). The molecule has 0 heterocycles. The Morgan fingerprint density at radius 1 is 1.47 bits per heavy atom. The molecule has 1 aliphatic carbocycles. The van der Waals surface area contributed by atoms with E-state index in [1.165, 1.54) is 24.0 Å². The average Bonchev–Trinajstić information content (AvgIpc) is 3.03. The number of aryl methyl sites for hydroxylation is 2. The van der Waals surface area contributed by atoms with Crippen LogP contribution in [0.15, 0.2) is 24.3 Å². The molecular formula is C13H20N2. The molecule has 3 N–H and O–H groups in total. The summed E-state index contributed by atoms with van der Waals surface area (Å²) in [5.74, 6) is 6.39. The Morgan fingerprint density at radius 2 is 2.27 bits per heavy atom. The van der Waals surface area contributed by atoms with Crippen LogP contribution in [0.5, 0.6) is 0 Å². The van der Waals surface area contributed by atoms with Crippen LogP contribution in [0.25, 0.3) is 0 Å². The summed E-state index contributed by atoms with van der Waals surface area (Å²) in [6.45, 7) is 2.14. The van der Waals surface area contributed by atoms with E-state index < -0.39 is 0 Å². The highest BCUT2D eigenvalue weighted by Crippen LogP contribution is 2.34. The van der Waals surface area contributed by atoms with Crippen molar-refractivity contribution in [2.75, 3.05) is 0 Å². The summed E-state index contributed by atoms with van der Waals surface area (Å²) in [4.78, 5) is 0. The van der Waals surface area contributed by atoms with Crippen LogP contribution in [-0.4, -0.2) is 6.04 Å². The Labute approximate surface area is 91.8 Å². The fourth-order valence-electron chi connectivity index (χ4n) is 2.14. The van der Waals surface area contributed by atoms with E-state index >= 15 is 0 Å². The minimum atomic E-state index is 0.519. The zero-order chi connectivity index (χ0) is 10.7. The lowest BCUT2D eigenvalue weighted by molar-refractivity contribution is 0.446.